The first-order valence-corrected chi connectivity index (χ1v) is 14.9. The number of carbonyl (C=O) groups is 2. The van der Waals surface area contributed by atoms with Crippen LogP contribution in [0.2, 0.25) is 5.02 Å². The highest BCUT2D eigenvalue weighted by atomic mass is 35.5. The van der Waals surface area contributed by atoms with Crippen molar-refractivity contribution in [3.63, 3.8) is 0 Å². The third kappa shape index (κ3) is 7.28. The van der Waals surface area contributed by atoms with E-state index in [1.54, 1.807) is 49.7 Å². The summed E-state index contributed by atoms with van der Waals surface area (Å²) in [5, 5.41) is 21.3. The predicted octanol–water partition coefficient (Wildman–Crippen LogP) is 5.17. The first-order valence-electron chi connectivity index (χ1n) is 11.9. The van der Waals surface area contributed by atoms with Crippen LogP contribution < -0.4 is 31.3 Å². The molecule has 1 saturated carbocycles. The highest BCUT2D eigenvalue weighted by Gasteiger charge is 2.41. The standard InChI is InChI=1S/C26H28ClN6O5P/c1-38-20-9-8-16(29-22(34)10-11-26(12-13-26)33-25(35)36)14-19(20)31-24-28-15-17(27)23(32-24)30-18-6-4-5-7-21(18)39(2,3)37/h4-11,14-15,33H,12-13H2,1-3H3,(H,29,34)(H,35,36)(H2,28,30,31,32)/b11-10+. The maximum absolute atomic E-state index is 12.7. The molecule has 1 fully saturated rings. The molecule has 1 aromatic heterocycles. The molecule has 13 heteroatoms. The lowest BCUT2D eigenvalue weighted by Crippen LogP contribution is -2.34. The van der Waals surface area contributed by atoms with E-state index in [-0.39, 0.29) is 11.0 Å². The normalized spacial score (nSPS) is 13.9. The van der Waals surface area contributed by atoms with Crippen LogP contribution in [0.15, 0.2) is 60.8 Å². The van der Waals surface area contributed by atoms with Crippen LogP contribution in [0.4, 0.5) is 33.6 Å². The molecule has 1 aliphatic rings. The van der Waals surface area contributed by atoms with Crippen LogP contribution in [-0.4, -0.2) is 53.1 Å². The summed E-state index contributed by atoms with van der Waals surface area (Å²) in [5.74, 6) is 0.573. The SMILES string of the molecule is COc1ccc(NC(=O)/C=C/C2(NC(=O)O)CC2)cc1Nc1ncc(Cl)c(Nc2ccccc2P(C)(C)=O)n1. The van der Waals surface area contributed by atoms with Crippen molar-refractivity contribution >= 4 is 64.9 Å². The third-order valence-electron chi connectivity index (χ3n) is 5.89. The smallest absolute Gasteiger partial charge is 0.405 e. The van der Waals surface area contributed by atoms with E-state index in [9.17, 15) is 14.2 Å². The number of ether oxygens (including phenoxy) is 1. The highest BCUT2D eigenvalue weighted by Crippen LogP contribution is 2.39. The van der Waals surface area contributed by atoms with Gasteiger partial charge in [0.25, 0.3) is 0 Å². The molecular weight excluding hydrogens is 543 g/mol. The average molecular weight is 571 g/mol. The molecule has 1 aliphatic carbocycles. The second kappa shape index (κ2) is 11.3. The van der Waals surface area contributed by atoms with Crippen LogP contribution >= 0.6 is 18.7 Å². The Morgan fingerprint density at radius 3 is 2.54 bits per heavy atom. The molecule has 5 N–H and O–H groups in total. The van der Waals surface area contributed by atoms with Gasteiger partial charge in [-0.2, -0.15) is 4.98 Å². The number of amides is 2. The molecule has 4 rings (SSSR count). The second-order valence-electron chi connectivity index (χ2n) is 9.33. The first kappa shape index (κ1) is 27.9. The molecule has 0 radical (unpaired) electrons. The molecule has 0 bridgehead atoms. The number of anilines is 5. The first-order chi connectivity index (χ1) is 18.5. The Balaban J connectivity index is 1.52. The van der Waals surface area contributed by atoms with Gasteiger partial charge in [0.1, 0.15) is 17.9 Å². The molecule has 204 valence electrons. The number of para-hydroxylation sites is 1. The van der Waals surface area contributed by atoms with E-state index in [2.05, 4.69) is 31.2 Å². The van der Waals surface area contributed by atoms with E-state index < -0.39 is 24.7 Å². The monoisotopic (exact) mass is 570 g/mol. The molecule has 11 nitrogen and oxygen atoms in total. The van der Waals surface area contributed by atoms with Crippen molar-refractivity contribution in [3.05, 3.63) is 65.8 Å². The number of hydrogen-bond acceptors (Lipinski definition) is 8. The molecule has 39 heavy (non-hydrogen) atoms. The summed E-state index contributed by atoms with van der Waals surface area (Å²) in [6.45, 7) is 3.37. The van der Waals surface area contributed by atoms with Crippen molar-refractivity contribution in [2.24, 2.45) is 0 Å². The number of nitrogens with zero attached hydrogens (tertiary/aromatic N) is 2. The van der Waals surface area contributed by atoms with Crippen molar-refractivity contribution in [1.29, 1.82) is 0 Å². The van der Waals surface area contributed by atoms with E-state index in [0.29, 0.717) is 46.8 Å². The number of carboxylic acid groups (broad SMARTS) is 1. The number of rotatable bonds is 10. The number of benzene rings is 2. The molecule has 2 amide bonds. The zero-order valence-electron chi connectivity index (χ0n) is 21.5. The van der Waals surface area contributed by atoms with Crippen molar-refractivity contribution in [2.45, 2.75) is 18.4 Å². The van der Waals surface area contributed by atoms with E-state index in [1.165, 1.54) is 19.4 Å². The molecule has 0 saturated heterocycles. The van der Waals surface area contributed by atoms with Crippen molar-refractivity contribution in [2.75, 3.05) is 36.4 Å². The topological polar surface area (TPSA) is 155 Å². The summed E-state index contributed by atoms with van der Waals surface area (Å²) in [4.78, 5) is 32.1. The van der Waals surface area contributed by atoms with Gasteiger partial charge in [-0.3, -0.25) is 4.79 Å². The summed E-state index contributed by atoms with van der Waals surface area (Å²) in [5.41, 5.74) is 0.885. The van der Waals surface area contributed by atoms with Crippen molar-refractivity contribution in [3.8, 4) is 5.75 Å². The van der Waals surface area contributed by atoms with Crippen LogP contribution in [0.5, 0.6) is 5.75 Å². The van der Waals surface area contributed by atoms with Gasteiger partial charge in [0.2, 0.25) is 11.9 Å². The lowest BCUT2D eigenvalue weighted by Gasteiger charge is -2.16. The van der Waals surface area contributed by atoms with Gasteiger partial charge in [-0.1, -0.05) is 29.8 Å². The van der Waals surface area contributed by atoms with E-state index in [1.807, 2.05) is 12.1 Å². The van der Waals surface area contributed by atoms with Crippen LogP contribution in [0, 0.1) is 0 Å². The summed E-state index contributed by atoms with van der Waals surface area (Å²) >= 11 is 6.35. The summed E-state index contributed by atoms with van der Waals surface area (Å²) in [6, 6.07) is 12.2. The average Bonchev–Trinajstić information content (AvgIpc) is 3.63. The Morgan fingerprint density at radius 2 is 1.87 bits per heavy atom. The van der Waals surface area contributed by atoms with Crippen LogP contribution in [0.25, 0.3) is 0 Å². The Morgan fingerprint density at radius 1 is 1.13 bits per heavy atom. The number of hydrogen-bond donors (Lipinski definition) is 5. The quantitative estimate of drug-likeness (QED) is 0.164. The van der Waals surface area contributed by atoms with Crippen LogP contribution in [0.3, 0.4) is 0 Å². The van der Waals surface area contributed by atoms with Gasteiger partial charge >= 0.3 is 6.09 Å². The fourth-order valence-corrected chi connectivity index (χ4v) is 5.09. The molecule has 0 atom stereocenters. The second-order valence-corrected chi connectivity index (χ2v) is 12.9. The highest BCUT2D eigenvalue weighted by molar-refractivity contribution is 7.70. The fraction of sp³-hybridized carbons (Fsp3) is 0.231. The zero-order valence-corrected chi connectivity index (χ0v) is 23.1. The molecule has 3 aromatic rings. The number of nitrogens with one attached hydrogen (secondary N) is 4. The number of carbonyl (C=O) groups excluding carboxylic acids is 1. The lowest BCUT2D eigenvalue weighted by atomic mass is 10.2. The van der Waals surface area contributed by atoms with Gasteiger partial charge in [-0.05, 0) is 56.5 Å². The van der Waals surface area contributed by atoms with Gasteiger partial charge in [-0.15, -0.1) is 0 Å². The largest absolute Gasteiger partial charge is 0.495 e. The Kier molecular flexibility index (Phi) is 8.13. The minimum atomic E-state index is -2.57. The molecule has 0 aliphatic heterocycles. The molecular formula is C26H28ClN6O5P. The Hall–Kier alpha value is -4.08. The minimum absolute atomic E-state index is 0.202. The van der Waals surface area contributed by atoms with Gasteiger partial charge in [0.05, 0.1) is 30.2 Å². The van der Waals surface area contributed by atoms with Gasteiger partial charge in [0.15, 0.2) is 5.82 Å². The summed E-state index contributed by atoms with van der Waals surface area (Å²) < 4.78 is 18.2. The number of halogens is 1. The lowest BCUT2D eigenvalue weighted by molar-refractivity contribution is -0.111. The molecule has 0 unspecified atom stereocenters. The van der Waals surface area contributed by atoms with E-state index in [0.717, 1.165) is 0 Å². The maximum Gasteiger partial charge on any atom is 0.405 e. The molecule has 2 aromatic carbocycles. The van der Waals surface area contributed by atoms with Crippen LogP contribution in [-0.2, 0) is 9.36 Å². The fourth-order valence-electron chi connectivity index (χ4n) is 3.80. The molecule has 0 spiro atoms. The van der Waals surface area contributed by atoms with Gasteiger partial charge < -0.3 is 35.7 Å². The van der Waals surface area contributed by atoms with Crippen molar-refractivity contribution < 1.29 is 24.0 Å². The van der Waals surface area contributed by atoms with E-state index >= 15 is 0 Å². The zero-order chi connectivity index (χ0) is 28.2. The van der Waals surface area contributed by atoms with Gasteiger partial charge in [-0.25, -0.2) is 9.78 Å². The van der Waals surface area contributed by atoms with Crippen molar-refractivity contribution in [1.82, 2.24) is 15.3 Å². The summed E-state index contributed by atoms with van der Waals surface area (Å²) in [6.07, 6.45) is 4.44. The maximum atomic E-state index is 12.7. The number of methoxy groups -OCH3 is 1. The third-order valence-corrected chi connectivity index (χ3v) is 7.72. The van der Waals surface area contributed by atoms with Gasteiger partial charge in [0, 0.05) is 17.1 Å². The summed E-state index contributed by atoms with van der Waals surface area (Å²) in [7, 11) is -1.06. The molecule has 1 heterocycles. The number of aromatic nitrogens is 2. The Bertz CT molecular complexity index is 1490. The van der Waals surface area contributed by atoms with Crippen LogP contribution in [0.1, 0.15) is 12.8 Å². The predicted molar refractivity (Wildman–Crippen MR) is 153 cm³/mol. The van der Waals surface area contributed by atoms with E-state index in [4.69, 9.17) is 21.4 Å². The Labute approximate surface area is 230 Å². The minimum Gasteiger partial charge on any atom is -0.495 e.